The number of aromatic nitrogens is 5. The van der Waals surface area contributed by atoms with Crippen molar-refractivity contribution in [2.24, 2.45) is 7.05 Å². The lowest BCUT2D eigenvalue weighted by Crippen LogP contribution is -2.47. The Morgan fingerprint density at radius 1 is 1.15 bits per heavy atom. The normalized spacial score (nSPS) is 25.1. The molecule has 8 heteroatoms. The highest BCUT2D eigenvalue weighted by molar-refractivity contribution is 5.97. The van der Waals surface area contributed by atoms with Crippen LogP contribution in [0.5, 0.6) is 5.88 Å². The zero-order chi connectivity index (χ0) is 19.3. The van der Waals surface area contributed by atoms with E-state index < -0.39 is 0 Å². The minimum atomic E-state index is -0.00916. The lowest BCUT2D eigenvalue weighted by atomic mass is 9.93. The number of fused-ring (bicyclic) bond motifs is 2. The summed E-state index contributed by atoms with van der Waals surface area (Å²) in [7, 11) is 3.36. The summed E-state index contributed by atoms with van der Waals surface area (Å²) >= 11 is 0. The second-order valence-corrected chi connectivity index (χ2v) is 8.78. The van der Waals surface area contributed by atoms with Gasteiger partial charge in [-0.3, -0.25) is 9.48 Å². The van der Waals surface area contributed by atoms with Crippen molar-refractivity contribution in [3.63, 3.8) is 0 Å². The highest BCUT2D eigenvalue weighted by Gasteiger charge is 2.45. The fraction of sp³-hybridized carbons (Fsp3) is 0.684. The van der Waals surface area contributed by atoms with Crippen LogP contribution in [0.25, 0.3) is 0 Å². The van der Waals surface area contributed by atoms with Crippen LogP contribution in [-0.4, -0.2) is 54.8 Å². The Hall–Kier alpha value is -2.38. The average molecular weight is 372 g/mol. The monoisotopic (exact) mass is 372 g/mol. The van der Waals surface area contributed by atoms with Crippen molar-refractivity contribution in [1.82, 2.24) is 29.7 Å². The lowest BCUT2D eigenvalue weighted by Gasteiger charge is -2.38. The SMILES string of the molecule is COc1nn(C)cc1C(=O)N1C2CCC1CC(n1cc(C(C)(C)C)nn1)C2. The van der Waals surface area contributed by atoms with Crippen LogP contribution >= 0.6 is 0 Å². The molecule has 2 unspecified atom stereocenters. The molecule has 4 rings (SSSR count). The van der Waals surface area contributed by atoms with Crippen LogP contribution < -0.4 is 4.74 Å². The molecular formula is C19H28N6O2. The van der Waals surface area contributed by atoms with Crippen molar-refractivity contribution in [1.29, 1.82) is 0 Å². The van der Waals surface area contributed by atoms with Gasteiger partial charge in [0, 0.05) is 36.9 Å². The van der Waals surface area contributed by atoms with Gasteiger partial charge in [0.2, 0.25) is 5.88 Å². The predicted octanol–water partition coefficient (Wildman–Crippen LogP) is 2.33. The average Bonchev–Trinajstić information content (AvgIpc) is 3.30. The first-order valence-electron chi connectivity index (χ1n) is 9.60. The molecule has 0 aliphatic carbocycles. The third-order valence-corrected chi connectivity index (χ3v) is 5.81. The van der Waals surface area contributed by atoms with E-state index in [0.29, 0.717) is 17.5 Å². The van der Waals surface area contributed by atoms with Crippen molar-refractivity contribution >= 4 is 5.91 Å². The molecule has 2 aliphatic rings. The summed E-state index contributed by atoms with van der Waals surface area (Å²) in [5.41, 5.74) is 1.55. The molecule has 146 valence electrons. The highest BCUT2D eigenvalue weighted by atomic mass is 16.5. The van der Waals surface area contributed by atoms with Crippen LogP contribution in [0.4, 0.5) is 0 Å². The predicted molar refractivity (Wildman–Crippen MR) is 99.7 cm³/mol. The number of amides is 1. The Bertz CT molecular complexity index is 835. The third kappa shape index (κ3) is 3.11. The van der Waals surface area contributed by atoms with Gasteiger partial charge in [0.25, 0.3) is 5.91 Å². The van der Waals surface area contributed by atoms with E-state index >= 15 is 0 Å². The summed E-state index contributed by atoms with van der Waals surface area (Å²) in [5.74, 6) is 0.426. The molecule has 27 heavy (non-hydrogen) atoms. The number of ether oxygens (including phenoxy) is 1. The maximum absolute atomic E-state index is 13.2. The number of piperidine rings is 1. The van der Waals surface area contributed by atoms with Gasteiger partial charge in [-0.2, -0.15) is 0 Å². The number of aryl methyl sites for hydroxylation is 1. The Morgan fingerprint density at radius 3 is 2.37 bits per heavy atom. The van der Waals surface area contributed by atoms with E-state index in [2.05, 4.69) is 47.3 Å². The molecule has 1 amide bonds. The zero-order valence-electron chi connectivity index (χ0n) is 16.7. The van der Waals surface area contributed by atoms with E-state index in [1.807, 2.05) is 4.68 Å². The fourth-order valence-electron chi connectivity index (χ4n) is 4.40. The molecule has 2 saturated heterocycles. The molecule has 2 aliphatic heterocycles. The van der Waals surface area contributed by atoms with Crippen molar-refractivity contribution in [2.75, 3.05) is 7.11 Å². The van der Waals surface area contributed by atoms with Gasteiger partial charge >= 0.3 is 0 Å². The molecule has 2 aromatic heterocycles. The summed E-state index contributed by atoms with van der Waals surface area (Å²) < 4.78 is 8.93. The first kappa shape index (κ1) is 18.0. The molecule has 8 nitrogen and oxygen atoms in total. The molecule has 2 fully saturated rings. The maximum Gasteiger partial charge on any atom is 0.261 e. The molecule has 2 bridgehead atoms. The van der Waals surface area contributed by atoms with Crippen LogP contribution in [0.1, 0.15) is 68.5 Å². The first-order valence-corrected chi connectivity index (χ1v) is 9.60. The van der Waals surface area contributed by atoms with E-state index in [4.69, 9.17) is 4.74 Å². The molecule has 4 heterocycles. The number of methoxy groups -OCH3 is 1. The largest absolute Gasteiger partial charge is 0.479 e. The van der Waals surface area contributed by atoms with Gasteiger partial charge in [-0.25, -0.2) is 4.68 Å². The third-order valence-electron chi connectivity index (χ3n) is 5.81. The minimum Gasteiger partial charge on any atom is -0.479 e. The summed E-state index contributed by atoms with van der Waals surface area (Å²) in [6, 6.07) is 0.757. The summed E-state index contributed by atoms with van der Waals surface area (Å²) in [5, 5.41) is 13.0. The molecule has 0 spiro atoms. The van der Waals surface area contributed by atoms with Crippen LogP contribution in [-0.2, 0) is 12.5 Å². The van der Waals surface area contributed by atoms with Crippen molar-refractivity contribution in [3.8, 4) is 5.88 Å². The number of hydrogen-bond acceptors (Lipinski definition) is 5. The van der Waals surface area contributed by atoms with Gasteiger partial charge in [-0.15, -0.1) is 10.2 Å². The summed E-state index contributed by atoms with van der Waals surface area (Å²) in [4.78, 5) is 15.2. The van der Waals surface area contributed by atoms with Gasteiger partial charge in [0.15, 0.2) is 0 Å². The van der Waals surface area contributed by atoms with E-state index in [0.717, 1.165) is 31.4 Å². The van der Waals surface area contributed by atoms with Gasteiger partial charge in [-0.1, -0.05) is 26.0 Å². The van der Waals surface area contributed by atoms with Gasteiger partial charge in [0.1, 0.15) is 5.56 Å². The minimum absolute atomic E-state index is 0.00916. The highest BCUT2D eigenvalue weighted by Crippen LogP contribution is 2.42. The molecule has 0 radical (unpaired) electrons. The fourth-order valence-corrected chi connectivity index (χ4v) is 4.40. The Labute approximate surface area is 159 Å². The number of nitrogens with zero attached hydrogens (tertiary/aromatic N) is 6. The molecule has 0 N–H and O–H groups in total. The van der Waals surface area contributed by atoms with Crippen LogP contribution in [0.3, 0.4) is 0 Å². The number of carbonyl (C=O) groups excluding carboxylic acids is 1. The first-order chi connectivity index (χ1) is 12.8. The molecule has 2 aromatic rings. The van der Waals surface area contributed by atoms with E-state index in [1.54, 1.807) is 25.0 Å². The van der Waals surface area contributed by atoms with Gasteiger partial charge < -0.3 is 9.64 Å². The molecular weight excluding hydrogens is 344 g/mol. The Morgan fingerprint density at radius 2 is 1.81 bits per heavy atom. The van der Waals surface area contributed by atoms with Gasteiger partial charge in [0.05, 0.1) is 18.8 Å². The van der Waals surface area contributed by atoms with Crippen molar-refractivity contribution < 1.29 is 9.53 Å². The second-order valence-electron chi connectivity index (χ2n) is 8.78. The van der Waals surface area contributed by atoms with Crippen molar-refractivity contribution in [2.45, 2.75) is 70.0 Å². The van der Waals surface area contributed by atoms with Crippen LogP contribution in [0, 0.1) is 0 Å². The standard InChI is InChI=1S/C19H28N6O2/c1-19(2,3)16-11-24(22-20-16)14-8-12-6-7-13(9-14)25(12)18(26)15-10-23(4)21-17(15)27-5/h10-14H,6-9H2,1-5H3. The lowest BCUT2D eigenvalue weighted by molar-refractivity contribution is 0.0519. The number of hydrogen-bond donors (Lipinski definition) is 0. The molecule has 0 aromatic carbocycles. The van der Waals surface area contributed by atoms with Gasteiger partial charge in [-0.05, 0) is 25.7 Å². The number of carbonyl (C=O) groups is 1. The van der Waals surface area contributed by atoms with E-state index in [-0.39, 0.29) is 23.4 Å². The van der Waals surface area contributed by atoms with E-state index in [9.17, 15) is 4.79 Å². The van der Waals surface area contributed by atoms with E-state index in [1.165, 1.54) is 0 Å². The summed E-state index contributed by atoms with van der Waals surface area (Å²) in [6.45, 7) is 6.44. The van der Waals surface area contributed by atoms with Crippen LogP contribution in [0.15, 0.2) is 12.4 Å². The number of rotatable bonds is 3. The summed E-state index contributed by atoms with van der Waals surface area (Å²) in [6.07, 6.45) is 7.73. The topological polar surface area (TPSA) is 78.1 Å². The maximum atomic E-state index is 13.2. The van der Waals surface area contributed by atoms with Crippen LogP contribution in [0.2, 0.25) is 0 Å². The Kier molecular flexibility index (Phi) is 4.24. The Balaban J connectivity index is 1.54. The smallest absolute Gasteiger partial charge is 0.261 e. The molecule has 2 atom stereocenters. The second kappa shape index (κ2) is 6.35. The zero-order valence-corrected chi connectivity index (χ0v) is 16.7. The quantitative estimate of drug-likeness (QED) is 0.826. The van der Waals surface area contributed by atoms with Crippen molar-refractivity contribution in [3.05, 3.63) is 23.7 Å². The molecule has 0 saturated carbocycles.